The minimum absolute atomic E-state index is 0.0334. The van der Waals surface area contributed by atoms with E-state index >= 15 is 0 Å². The highest BCUT2D eigenvalue weighted by Crippen LogP contribution is 2.23. The van der Waals surface area contributed by atoms with Crippen LogP contribution in [0.5, 0.6) is 5.75 Å². The van der Waals surface area contributed by atoms with Crippen molar-refractivity contribution in [3.05, 3.63) is 59.7 Å². The Morgan fingerprint density at radius 1 is 0.886 bits per heavy atom. The Morgan fingerprint density at radius 3 is 2.06 bits per heavy atom. The van der Waals surface area contributed by atoms with Gasteiger partial charge in [-0.1, -0.05) is 0 Å². The first-order chi connectivity index (χ1) is 16.8. The first-order valence-electron chi connectivity index (χ1n) is 11.6. The van der Waals surface area contributed by atoms with E-state index < -0.39 is 11.9 Å². The van der Waals surface area contributed by atoms with Gasteiger partial charge in [0.25, 0.3) is 17.7 Å². The lowest BCUT2D eigenvalue weighted by Gasteiger charge is -2.38. The Labute approximate surface area is 204 Å². The van der Waals surface area contributed by atoms with Crippen LogP contribution in [0.25, 0.3) is 0 Å². The van der Waals surface area contributed by atoms with Crippen molar-refractivity contribution in [3.8, 4) is 5.75 Å². The number of carbonyl (C=O) groups excluding carboxylic acids is 4. The molecule has 2 N–H and O–H groups in total. The highest BCUT2D eigenvalue weighted by atomic mass is 16.5. The molecular formula is C26H31N3O6. The Morgan fingerprint density at radius 2 is 1.46 bits per heavy atom. The van der Waals surface area contributed by atoms with Crippen LogP contribution in [0.3, 0.4) is 0 Å². The topological polar surface area (TPSA) is 114 Å². The number of methoxy groups -OCH3 is 1. The first kappa shape index (κ1) is 25.7. The molecule has 35 heavy (non-hydrogen) atoms. The van der Waals surface area contributed by atoms with Gasteiger partial charge in [-0.2, -0.15) is 0 Å². The number of likely N-dealkylation sites (tertiary alicyclic amines) is 1. The van der Waals surface area contributed by atoms with Gasteiger partial charge in [0.1, 0.15) is 12.3 Å². The number of anilines is 1. The average molecular weight is 482 g/mol. The van der Waals surface area contributed by atoms with Crippen molar-refractivity contribution in [1.29, 1.82) is 0 Å². The maximum atomic E-state index is 12.6. The zero-order chi connectivity index (χ0) is 25.4. The molecule has 2 aromatic rings. The SMILES string of the molecule is COC(=O)CNC(=O)c1ccc(NC(=O)c2ccc(OCC(=O)N3C(C)CCCC3C)cc2)cc1. The van der Waals surface area contributed by atoms with Crippen LogP contribution in [-0.4, -0.2) is 60.9 Å². The van der Waals surface area contributed by atoms with Crippen LogP contribution < -0.4 is 15.4 Å². The van der Waals surface area contributed by atoms with Crippen LogP contribution >= 0.6 is 0 Å². The maximum absolute atomic E-state index is 12.6. The smallest absolute Gasteiger partial charge is 0.325 e. The molecule has 0 radical (unpaired) electrons. The van der Waals surface area contributed by atoms with Crippen molar-refractivity contribution in [3.63, 3.8) is 0 Å². The summed E-state index contributed by atoms with van der Waals surface area (Å²) in [7, 11) is 1.24. The predicted molar refractivity (Wildman–Crippen MR) is 130 cm³/mol. The van der Waals surface area contributed by atoms with Gasteiger partial charge >= 0.3 is 5.97 Å². The van der Waals surface area contributed by atoms with Gasteiger partial charge < -0.3 is 25.0 Å². The van der Waals surface area contributed by atoms with Gasteiger partial charge in [-0.15, -0.1) is 0 Å². The number of carbonyl (C=O) groups is 4. The van der Waals surface area contributed by atoms with Crippen LogP contribution in [0.4, 0.5) is 5.69 Å². The zero-order valence-corrected chi connectivity index (χ0v) is 20.2. The molecule has 1 heterocycles. The molecule has 3 rings (SSSR count). The van der Waals surface area contributed by atoms with Gasteiger partial charge in [0, 0.05) is 28.9 Å². The van der Waals surface area contributed by atoms with Gasteiger partial charge in [-0.3, -0.25) is 19.2 Å². The van der Waals surface area contributed by atoms with Gasteiger partial charge in [0.15, 0.2) is 6.61 Å². The van der Waals surface area contributed by atoms with E-state index in [1.165, 1.54) is 7.11 Å². The molecule has 9 heteroatoms. The predicted octanol–water partition coefficient (Wildman–Crippen LogP) is 3.01. The van der Waals surface area contributed by atoms with Gasteiger partial charge in [-0.25, -0.2) is 0 Å². The molecule has 0 bridgehead atoms. The van der Waals surface area contributed by atoms with Crippen molar-refractivity contribution in [2.24, 2.45) is 0 Å². The van der Waals surface area contributed by atoms with Gasteiger partial charge in [0.05, 0.1) is 7.11 Å². The molecule has 1 fully saturated rings. The van der Waals surface area contributed by atoms with E-state index in [4.69, 9.17) is 4.74 Å². The number of nitrogens with zero attached hydrogens (tertiary/aromatic N) is 1. The number of piperidine rings is 1. The molecule has 1 aliphatic rings. The van der Waals surface area contributed by atoms with E-state index in [0.29, 0.717) is 22.6 Å². The lowest BCUT2D eigenvalue weighted by molar-refractivity contribution is -0.140. The third-order valence-electron chi connectivity index (χ3n) is 5.99. The molecule has 9 nitrogen and oxygen atoms in total. The number of ether oxygens (including phenoxy) is 2. The quantitative estimate of drug-likeness (QED) is 0.561. The molecule has 0 aliphatic carbocycles. The Balaban J connectivity index is 1.50. The molecule has 0 saturated carbocycles. The normalized spacial score (nSPS) is 17.3. The second-order valence-corrected chi connectivity index (χ2v) is 8.53. The molecule has 0 aromatic heterocycles. The number of esters is 1. The largest absolute Gasteiger partial charge is 0.484 e. The Kier molecular flexibility index (Phi) is 8.83. The summed E-state index contributed by atoms with van der Waals surface area (Å²) >= 11 is 0. The van der Waals surface area contributed by atoms with Crippen molar-refractivity contribution < 1.29 is 28.7 Å². The van der Waals surface area contributed by atoms with Crippen molar-refractivity contribution in [2.45, 2.75) is 45.2 Å². The van der Waals surface area contributed by atoms with E-state index in [0.717, 1.165) is 19.3 Å². The van der Waals surface area contributed by atoms with Gasteiger partial charge in [-0.05, 0) is 81.6 Å². The standard InChI is InChI=1S/C26H31N3O6/c1-17-5-4-6-18(2)29(17)23(30)16-35-22-13-9-20(10-14-22)26(33)28-21-11-7-19(8-12-21)25(32)27-15-24(31)34-3/h7-14,17-18H,4-6,15-16H2,1-3H3,(H,27,32)(H,28,33). The summed E-state index contributed by atoms with van der Waals surface area (Å²) in [5.41, 5.74) is 1.27. The molecule has 2 atom stereocenters. The number of nitrogens with one attached hydrogen (secondary N) is 2. The molecule has 0 spiro atoms. The number of hydrogen-bond acceptors (Lipinski definition) is 6. The van der Waals surface area contributed by atoms with E-state index in [1.54, 1.807) is 48.5 Å². The summed E-state index contributed by atoms with van der Waals surface area (Å²) < 4.78 is 10.1. The van der Waals surface area contributed by atoms with Gasteiger partial charge in [0.2, 0.25) is 0 Å². The summed E-state index contributed by atoms with van der Waals surface area (Å²) in [6, 6.07) is 13.2. The molecule has 186 valence electrons. The summed E-state index contributed by atoms with van der Waals surface area (Å²) in [5.74, 6) is -0.821. The van der Waals surface area contributed by atoms with Crippen molar-refractivity contribution in [2.75, 3.05) is 25.6 Å². The van der Waals surface area contributed by atoms with Crippen LogP contribution in [0.15, 0.2) is 48.5 Å². The highest BCUT2D eigenvalue weighted by Gasteiger charge is 2.29. The monoisotopic (exact) mass is 481 g/mol. The van der Waals surface area contributed by atoms with E-state index in [9.17, 15) is 19.2 Å². The Bertz CT molecular complexity index is 1040. The van der Waals surface area contributed by atoms with E-state index in [-0.39, 0.29) is 37.0 Å². The summed E-state index contributed by atoms with van der Waals surface area (Å²) in [6.07, 6.45) is 3.14. The lowest BCUT2D eigenvalue weighted by atomic mass is 9.97. The van der Waals surface area contributed by atoms with E-state index in [1.807, 2.05) is 4.90 Å². The fourth-order valence-corrected chi connectivity index (χ4v) is 4.07. The minimum Gasteiger partial charge on any atom is -0.484 e. The number of hydrogen-bond donors (Lipinski definition) is 2. The summed E-state index contributed by atoms with van der Waals surface area (Å²) in [5, 5.41) is 5.20. The number of rotatable bonds is 8. The summed E-state index contributed by atoms with van der Waals surface area (Å²) in [6.45, 7) is 3.86. The lowest BCUT2D eigenvalue weighted by Crippen LogP contribution is -2.49. The average Bonchev–Trinajstić information content (AvgIpc) is 2.86. The van der Waals surface area contributed by atoms with Crippen molar-refractivity contribution >= 4 is 29.4 Å². The molecule has 3 amide bonds. The number of amides is 3. The zero-order valence-electron chi connectivity index (χ0n) is 20.2. The molecule has 1 saturated heterocycles. The van der Waals surface area contributed by atoms with Crippen LogP contribution in [0, 0.1) is 0 Å². The number of benzene rings is 2. The van der Waals surface area contributed by atoms with Crippen LogP contribution in [0.1, 0.15) is 53.8 Å². The van der Waals surface area contributed by atoms with Crippen LogP contribution in [-0.2, 0) is 14.3 Å². The van der Waals surface area contributed by atoms with Crippen LogP contribution in [0.2, 0.25) is 0 Å². The third-order valence-corrected chi connectivity index (χ3v) is 5.99. The maximum Gasteiger partial charge on any atom is 0.325 e. The van der Waals surface area contributed by atoms with Crippen molar-refractivity contribution in [1.82, 2.24) is 10.2 Å². The third kappa shape index (κ3) is 7.05. The first-order valence-corrected chi connectivity index (χ1v) is 11.6. The molecule has 2 unspecified atom stereocenters. The van der Waals surface area contributed by atoms with E-state index in [2.05, 4.69) is 29.2 Å². The second kappa shape index (κ2) is 12.0. The highest BCUT2D eigenvalue weighted by molar-refractivity contribution is 6.04. The molecule has 1 aliphatic heterocycles. The molecular weight excluding hydrogens is 450 g/mol. The second-order valence-electron chi connectivity index (χ2n) is 8.53. The fourth-order valence-electron chi connectivity index (χ4n) is 4.07. The minimum atomic E-state index is -0.545. The Hall–Kier alpha value is -3.88. The molecule has 2 aromatic carbocycles. The summed E-state index contributed by atoms with van der Waals surface area (Å²) in [4.78, 5) is 50.2. The fraction of sp³-hybridized carbons (Fsp3) is 0.385.